The molecule has 0 aliphatic carbocycles. The molecule has 12 N–H and O–H groups in total. The van der Waals surface area contributed by atoms with Gasteiger partial charge in [0.15, 0.2) is 18.9 Å². The van der Waals surface area contributed by atoms with Crippen LogP contribution < -0.4 is 5.32 Å². The standard InChI is InChI=1S/C77H133NO18/c1-3-5-7-9-11-13-15-17-19-21-22-23-24-25-26-27-28-29-30-31-32-33-34-35-36-37-38-39-41-43-45-47-49-51-53-55-65(83)78-60(61(82)54-52-50-48-46-44-42-40-20-18-16-14-12-10-8-6-4-2)59-91-75-71(89)68(86)73(63(57-80)93-75)96-77-72(90)69(87)74(64(58-81)94-77)95-76-70(88)67(85)66(84)62(56-79)92-76/h5,7,11,13,17,19,22-23,25-26,28-29,31-32,34-35,60-64,66-77,79-82,84-90H,3-4,6,8-10,12,14-16,18,20-21,24,27,30,33,36-59H2,1-2H3,(H,78,83)/b7-5-,13-11-,19-17-,23-22-,26-25-,29-28-,32-31-,35-34-. The fourth-order valence-electron chi connectivity index (χ4n) is 12.2. The highest BCUT2D eigenvalue weighted by atomic mass is 16.8. The van der Waals surface area contributed by atoms with Gasteiger partial charge < -0.3 is 89.9 Å². The van der Waals surface area contributed by atoms with E-state index in [1.165, 1.54) is 109 Å². The first-order valence-corrected chi connectivity index (χ1v) is 37.5. The Morgan fingerprint density at radius 2 is 0.719 bits per heavy atom. The summed E-state index contributed by atoms with van der Waals surface area (Å²) in [6, 6.07) is -0.896. The molecular weight excluding hydrogens is 1230 g/mol. The first kappa shape index (κ1) is 86.9. The molecule has 96 heavy (non-hydrogen) atoms. The number of hydrogen-bond acceptors (Lipinski definition) is 18. The van der Waals surface area contributed by atoms with Crippen molar-refractivity contribution >= 4 is 5.91 Å². The Balaban J connectivity index is 1.36. The van der Waals surface area contributed by atoms with Crippen molar-refractivity contribution in [3.05, 3.63) is 97.2 Å². The highest BCUT2D eigenvalue weighted by Crippen LogP contribution is 2.33. The van der Waals surface area contributed by atoms with E-state index in [4.69, 9.17) is 28.4 Å². The Bertz CT molecular complexity index is 2110. The van der Waals surface area contributed by atoms with E-state index in [-0.39, 0.29) is 18.9 Å². The molecule has 0 spiro atoms. The van der Waals surface area contributed by atoms with Crippen LogP contribution in [-0.4, -0.2) is 193 Å². The van der Waals surface area contributed by atoms with Crippen molar-refractivity contribution in [3.8, 4) is 0 Å². The SMILES string of the molecule is CC/C=C\C/C=C\C/C=C\C/C=C\C/C=C\C/C=C\C/C=C\C/C=C\CCCCCCCCCCCCC(=O)NC(COC1OC(CO)C(OC2OC(CO)C(OC3OC(CO)C(O)C(O)C3O)C(O)C2O)C(O)C1O)C(O)CCCCCCCCCCCCCCCCCC. The Morgan fingerprint density at radius 1 is 0.385 bits per heavy atom. The lowest BCUT2D eigenvalue weighted by Gasteiger charge is -2.48. The number of nitrogens with one attached hydrogen (secondary N) is 1. The lowest BCUT2D eigenvalue weighted by molar-refractivity contribution is -0.379. The number of carbonyl (C=O) groups excluding carboxylic acids is 1. The molecule has 3 aliphatic heterocycles. The Hall–Kier alpha value is -3.29. The lowest BCUT2D eigenvalue weighted by atomic mass is 9.96. The van der Waals surface area contributed by atoms with E-state index < -0.39 is 124 Å². The molecule has 3 heterocycles. The van der Waals surface area contributed by atoms with Gasteiger partial charge in [-0.05, 0) is 77.0 Å². The topological polar surface area (TPSA) is 307 Å². The maximum Gasteiger partial charge on any atom is 0.220 e. The lowest BCUT2D eigenvalue weighted by Crippen LogP contribution is -2.66. The van der Waals surface area contributed by atoms with Gasteiger partial charge in [0.2, 0.25) is 5.91 Å². The average molecular weight is 1360 g/mol. The molecule has 0 aromatic carbocycles. The summed E-state index contributed by atoms with van der Waals surface area (Å²) in [6.45, 7) is 1.68. The van der Waals surface area contributed by atoms with Crippen molar-refractivity contribution in [3.63, 3.8) is 0 Å². The van der Waals surface area contributed by atoms with Crippen LogP contribution in [-0.2, 0) is 33.2 Å². The van der Waals surface area contributed by atoms with Crippen molar-refractivity contribution in [2.24, 2.45) is 0 Å². The Morgan fingerprint density at radius 3 is 1.12 bits per heavy atom. The maximum atomic E-state index is 13.5. The van der Waals surface area contributed by atoms with Crippen molar-refractivity contribution in [1.29, 1.82) is 0 Å². The first-order chi connectivity index (χ1) is 46.8. The highest BCUT2D eigenvalue weighted by molar-refractivity contribution is 5.76. The number of amides is 1. The van der Waals surface area contributed by atoms with Crippen LogP contribution in [0.4, 0.5) is 0 Å². The fraction of sp³-hybridized carbons (Fsp3) is 0.779. The van der Waals surface area contributed by atoms with E-state index in [1.807, 2.05) is 0 Å². The summed E-state index contributed by atoms with van der Waals surface area (Å²) in [5.74, 6) is -0.250. The normalized spacial score (nSPS) is 27.6. The quantitative estimate of drug-likeness (QED) is 0.0199. The zero-order chi connectivity index (χ0) is 69.6. The van der Waals surface area contributed by atoms with Crippen LogP contribution in [0.5, 0.6) is 0 Å². The molecule has 0 aromatic rings. The van der Waals surface area contributed by atoms with Crippen LogP contribution >= 0.6 is 0 Å². The first-order valence-electron chi connectivity index (χ1n) is 37.5. The summed E-state index contributed by atoms with van der Waals surface area (Å²) < 4.78 is 34.4. The second-order valence-electron chi connectivity index (χ2n) is 26.4. The second kappa shape index (κ2) is 57.3. The van der Waals surface area contributed by atoms with Crippen LogP contribution in [0.3, 0.4) is 0 Å². The molecule has 17 unspecified atom stereocenters. The molecule has 3 saturated heterocycles. The van der Waals surface area contributed by atoms with Gasteiger partial charge in [-0.25, -0.2) is 0 Å². The molecule has 0 saturated carbocycles. The predicted molar refractivity (Wildman–Crippen MR) is 378 cm³/mol. The van der Waals surface area contributed by atoms with Crippen LogP contribution in [0.1, 0.15) is 251 Å². The van der Waals surface area contributed by atoms with Gasteiger partial charge in [-0.2, -0.15) is 0 Å². The number of unbranched alkanes of at least 4 members (excludes halogenated alkanes) is 25. The zero-order valence-electron chi connectivity index (χ0n) is 58.8. The smallest absolute Gasteiger partial charge is 0.220 e. The van der Waals surface area contributed by atoms with Crippen LogP contribution in [0, 0.1) is 0 Å². The summed E-state index contributed by atoms with van der Waals surface area (Å²) in [7, 11) is 0. The molecule has 1 amide bonds. The van der Waals surface area contributed by atoms with E-state index in [2.05, 4.69) is 116 Å². The largest absolute Gasteiger partial charge is 0.394 e. The van der Waals surface area contributed by atoms with Crippen LogP contribution in [0.25, 0.3) is 0 Å². The van der Waals surface area contributed by atoms with Gasteiger partial charge in [0.25, 0.3) is 0 Å². The molecule has 0 bridgehead atoms. The molecule has 3 fully saturated rings. The number of aliphatic hydroxyl groups excluding tert-OH is 11. The Labute approximate surface area is 577 Å². The van der Waals surface area contributed by atoms with Gasteiger partial charge in [-0.3, -0.25) is 4.79 Å². The summed E-state index contributed by atoms with van der Waals surface area (Å²) in [4.78, 5) is 13.5. The van der Waals surface area contributed by atoms with Crippen LogP contribution in [0.2, 0.25) is 0 Å². The van der Waals surface area contributed by atoms with Gasteiger partial charge >= 0.3 is 0 Å². The monoisotopic (exact) mass is 1360 g/mol. The molecule has 554 valence electrons. The van der Waals surface area contributed by atoms with Gasteiger partial charge in [0.05, 0.1) is 38.6 Å². The minimum atomic E-state index is -1.98. The molecule has 19 nitrogen and oxygen atoms in total. The molecule has 19 heteroatoms. The van der Waals surface area contributed by atoms with E-state index in [0.29, 0.717) is 12.8 Å². The molecule has 17 atom stereocenters. The molecular formula is C77H133NO18. The van der Waals surface area contributed by atoms with Gasteiger partial charge in [0, 0.05) is 6.42 Å². The maximum absolute atomic E-state index is 13.5. The number of ether oxygens (including phenoxy) is 6. The minimum absolute atomic E-state index is 0.250. The molecule has 3 aliphatic rings. The number of aliphatic hydroxyl groups is 11. The summed E-state index contributed by atoms with van der Waals surface area (Å²) in [5.41, 5.74) is 0. The fourth-order valence-corrected chi connectivity index (χ4v) is 12.2. The summed E-state index contributed by atoms with van der Waals surface area (Å²) >= 11 is 0. The third kappa shape index (κ3) is 37.9. The summed E-state index contributed by atoms with van der Waals surface area (Å²) in [6.07, 6.45) is 49.1. The second-order valence-corrected chi connectivity index (χ2v) is 26.4. The van der Waals surface area contributed by atoms with Crippen molar-refractivity contribution < 1.29 is 89.4 Å². The van der Waals surface area contributed by atoms with E-state index in [1.54, 1.807) is 0 Å². The van der Waals surface area contributed by atoms with Crippen molar-refractivity contribution in [1.82, 2.24) is 5.32 Å². The Kier molecular flexibility index (Phi) is 51.9. The minimum Gasteiger partial charge on any atom is -0.394 e. The number of hydrogen-bond donors (Lipinski definition) is 12. The van der Waals surface area contributed by atoms with Gasteiger partial charge in [-0.1, -0.05) is 265 Å². The third-order valence-corrected chi connectivity index (χ3v) is 18.2. The van der Waals surface area contributed by atoms with E-state index in [9.17, 15) is 61.0 Å². The van der Waals surface area contributed by atoms with E-state index >= 15 is 0 Å². The third-order valence-electron chi connectivity index (χ3n) is 18.2. The van der Waals surface area contributed by atoms with Crippen molar-refractivity contribution in [2.45, 2.75) is 356 Å². The van der Waals surface area contributed by atoms with Gasteiger partial charge in [0.1, 0.15) is 73.2 Å². The molecule has 0 radical (unpaired) electrons. The van der Waals surface area contributed by atoms with E-state index in [0.717, 1.165) is 109 Å². The number of rotatable bonds is 57. The molecule has 0 aromatic heterocycles. The predicted octanol–water partition coefficient (Wildman–Crippen LogP) is 11.2. The number of allylic oxidation sites excluding steroid dienone is 16. The van der Waals surface area contributed by atoms with Crippen LogP contribution in [0.15, 0.2) is 97.2 Å². The van der Waals surface area contributed by atoms with Gasteiger partial charge in [-0.15, -0.1) is 0 Å². The number of carbonyl (C=O) groups is 1. The highest BCUT2D eigenvalue weighted by Gasteiger charge is 2.53. The zero-order valence-corrected chi connectivity index (χ0v) is 58.8. The van der Waals surface area contributed by atoms with Crippen molar-refractivity contribution in [2.75, 3.05) is 26.4 Å². The summed E-state index contributed by atoms with van der Waals surface area (Å²) in [5, 5.41) is 121. The molecule has 3 rings (SSSR count). The average Bonchev–Trinajstić information content (AvgIpc) is 0.798.